The highest BCUT2D eigenvalue weighted by Gasteiger charge is 2.39. The van der Waals surface area contributed by atoms with Gasteiger partial charge in [0.1, 0.15) is 0 Å². The zero-order valence-corrected chi connectivity index (χ0v) is 11.5. The summed E-state index contributed by atoms with van der Waals surface area (Å²) in [5.74, 6) is 1.25. The Bertz CT molecular complexity index is 249. The highest BCUT2D eigenvalue weighted by Crippen LogP contribution is 2.35. The lowest BCUT2D eigenvalue weighted by molar-refractivity contribution is -0.127. The summed E-state index contributed by atoms with van der Waals surface area (Å²) in [6, 6.07) is 0.0409. The number of hydrogen-bond donors (Lipinski definition) is 1. The van der Waals surface area contributed by atoms with Crippen molar-refractivity contribution in [3.63, 3.8) is 0 Å². The van der Waals surface area contributed by atoms with Gasteiger partial charge in [-0.1, -0.05) is 41.5 Å². The summed E-state index contributed by atoms with van der Waals surface area (Å²) in [6.07, 6.45) is 0. The minimum absolute atomic E-state index is 0.0409. The molecule has 1 saturated heterocycles. The van der Waals surface area contributed by atoms with E-state index in [0.29, 0.717) is 11.2 Å². The first-order valence-electron chi connectivity index (χ1n) is 5.54. The third-order valence-corrected chi connectivity index (χ3v) is 4.33. The SMILES string of the molecule is CC(C)(C)C(=O)C1CSC(C(C)(C)C)N1. The average molecular weight is 229 g/mol. The Labute approximate surface area is 97.6 Å². The Balaban J connectivity index is 2.62. The first-order valence-corrected chi connectivity index (χ1v) is 6.59. The van der Waals surface area contributed by atoms with E-state index in [2.05, 4.69) is 26.1 Å². The number of thioether (sulfide) groups is 1. The van der Waals surface area contributed by atoms with Gasteiger partial charge in [-0.25, -0.2) is 0 Å². The van der Waals surface area contributed by atoms with Gasteiger partial charge in [0.05, 0.1) is 11.4 Å². The van der Waals surface area contributed by atoms with E-state index in [9.17, 15) is 4.79 Å². The third kappa shape index (κ3) is 3.22. The second kappa shape index (κ2) is 4.10. The lowest BCUT2D eigenvalue weighted by atomic mass is 9.86. The molecule has 2 unspecified atom stereocenters. The van der Waals surface area contributed by atoms with E-state index in [-0.39, 0.29) is 16.9 Å². The van der Waals surface area contributed by atoms with Gasteiger partial charge in [0, 0.05) is 11.2 Å². The molecule has 1 heterocycles. The van der Waals surface area contributed by atoms with Crippen LogP contribution >= 0.6 is 11.8 Å². The summed E-state index contributed by atoms with van der Waals surface area (Å²) in [5, 5.41) is 3.85. The van der Waals surface area contributed by atoms with Crippen molar-refractivity contribution < 1.29 is 4.79 Å². The summed E-state index contributed by atoms with van der Waals surface area (Å²) in [5.41, 5.74) is -0.0113. The molecule has 1 N–H and O–H groups in total. The molecule has 1 fully saturated rings. The zero-order chi connectivity index (χ0) is 11.9. The van der Waals surface area contributed by atoms with Gasteiger partial charge >= 0.3 is 0 Å². The van der Waals surface area contributed by atoms with Crippen LogP contribution in [0.25, 0.3) is 0 Å². The summed E-state index contributed by atoms with van der Waals surface area (Å²) in [6.45, 7) is 12.6. The second-order valence-corrected chi connectivity index (χ2v) is 7.55. The highest BCUT2D eigenvalue weighted by molar-refractivity contribution is 8.00. The molecule has 1 aliphatic heterocycles. The van der Waals surface area contributed by atoms with E-state index in [4.69, 9.17) is 0 Å². The van der Waals surface area contributed by atoms with Crippen molar-refractivity contribution in [2.24, 2.45) is 10.8 Å². The quantitative estimate of drug-likeness (QED) is 0.749. The number of ketones is 1. The van der Waals surface area contributed by atoms with Crippen LogP contribution in [0.2, 0.25) is 0 Å². The van der Waals surface area contributed by atoms with Crippen LogP contribution < -0.4 is 5.32 Å². The van der Waals surface area contributed by atoms with Crippen LogP contribution in [-0.2, 0) is 4.79 Å². The predicted molar refractivity (Wildman–Crippen MR) is 67.1 cm³/mol. The Hall–Kier alpha value is -0.0200. The van der Waals surface area contributed by atoms with E-state index >= 15 is 0 Å². The van der Waals surface area contributed by atoms with Crippen molar-refractivity contribution in [1.29, 1.82) is 0 Å². The summed E-state index contributed by atoms with van der Waals surface area (Å²) < 4.78 is 0. The van der Waals surface area contributed by atoms with Crippen LogP contribution in [0.15, 0.2) is 0 Å². The Kier molecular flexibility index (Phi) is 3.56. The van der Waals surface area contributed by atoms with Gasteiger partial charge in [0.15, 0.2) is 5.78 Å². The van der Waals surface area contributed by atoms with Crippen LogP contribution in [0, 0.1) is 10.8 Å². The van der Waals surface area contributed by atoms with Gasteiger partial charge in [0.25, 0.3) is 0 Å². The first-order chi connectivity index (χ1) is 6.62. The maximum absolute atomic E-state index is 12.1. The Morgan fingerprint density at radius 3 is 2.07 bits per heavy atom. The normalized spacial score (nSPS) is 28.1. The Morgan fingerprint density at radius 1 is 1.20 bits per heavy atom. The van der Waals surface area contributed by atoms with Crippen molar-refractivity contribution in [3.8, 4) is 0 Å². The summed E-state index contributed by atoms with van der Waals surface area (Å²) in [7, 11) is 0. The number of carbonyl (C=O) groups excluding carboxylic acids is 1. The standard InChI is InChI=1S/C12H23NOS/c1-11(2,3)9(14)8-7-15-10(13-8)12(4,5)6/h8,10,13H,7H2,1-6H3. The number of hydrogen-bond acceptors (Lipinski definition) is 3. The lowest BCUT2D eigenvalue weighted by Gasteiger charge is -2.28. The maximum Gasteiger partial charge on any atom is 0.155 e. The molecule has 1 aliphatic rings. The molecule has 0 aromatic carbocycles. The number of Topliss-reactive ketones (excluding diaryl/α,β-unsaturated/α-hetero) is 1. The fraction of sp³-hybridized carbons (Fsp3) is 0.917. The molecular weight excluding hydrogens is 206 g/mol. The van der Waals surface area contributed by atoms with Crippen molar-refractivity contribution in [2.45, 2.75) is 53.0 Å². The monoisotopic (exact) mass is 229 g/mol. The highest BCUT2D eigenvalue weighted by atomic mass is 32.2. The van der Waals surface area contributed by atoms with Gasteiger partial charge in [0.2, 0.25) is 0 Å². The van der Waals surface area contributed by atoms with E-state index in [1.165, 1.54) is 0 Å². The van der Waals surface area contributed by atoms with Gasteiger partial charge in [-0.3, -0.25) is 10.1 Å². The molecule has 0 aromatic rings. The predicted octanol–water partition coefficient (Wildman–Crippen LogP) is 2.68. The van der Waals surface area contributed by atoms with E-state index < -0.39 is 0 Å². The maximum atomic E-state index is 12.1. The minimum atomic E-state index is -0.231. The van der Waals surface area contributed by atoms with Crippen molar-refractivity contribution in [2.75, 3.05) is 5.75 Å². The fourth-order valence-corrected chi connectivity index (χ4v) is 3.04. The van der Waals surface area contributed by atoms with E-state index in [0.717, 1.165) is 5.75 Å². The second-order valence-electron chi connectivity index (χ2n) is 6.41. The first kappa shape index (κ1) is 13.0. The van der Waals surface area contributed by atoms with Crippen LogP contribution in [0.3, 0.4) is 0 Å². The fourth-order valence-electron chi connectivity index (χ4n) is 1.65. The van der Waals surface area contributed by atoms with Gasteiger partial charge in [-0.15, -0.1) is 11.8 Å². The molecule has 88 valence electrons. The van der Waals surface area contributed by atoms with E-state index in [1.807, 2.05) is 32.5 Å². The summed E-state index contributed by atoms with van der Waals surface area (Å²) >= 11 is 1.87. The molecule has 0 radical (unpaired) electrons. The molecule has 15 heavy (non-hydrogen) atoms. The Morgan fingerprint density at radius 2 is 1.73 bits per heavy atom. The topological polar surface area (TPSA) is 29.1 Å². The van der Waals surface area contributed by atoms with Crippen molar-refractivity contribution >= 4 is 17.5 Å². The van der Waals surface area contributed by atoms with Gasteiger partial charge in [-0.05, 0) is 5.41 Å². The molecule has 3 heteroatoms. The minimum Gasteiger partial charge on any atom is -0.297 e. The smallest absolute Gasteiger partial charge is 0.155 e. The number of nitrogens with one attached hydrogen (secondary N) is 1. The van der Waals surface area contributed by atoms with Gasteiger partial charge < -0.3 is 0 Å². The van der Waals surface area contributed by atoms with Gasteiger partial charge in [-0.2, -0.15) is 0 Å². The molecule has 1 rings (SSSR count). The average Bonchev–Trinajstić information content (AvgIpc) is 2.47. The molecule has 2 nitrogen and oxygen atoms in total. The molecule has 0 saturated carbocycles. The largest absolute Gasteiger partial charge is 0.297 e. The molecule has 0 aliphatic carbocycles. The molecular formula is C12H23NOS. The van der Waals surface area contributed by atoms with Crippen molar-refractivity contribution in [1.82, 2.24) is 5.32 Å². The zero-order valence-electron chi connectivity index (χ0n) is 10.7. The van der Waals surface area contributed by atoms with Crippen LogP contribution in [0.1, 0.15) is 41.5 Å². The summed E-state index contributed by atoms with van der Waals surface area (Å²) in [4.78, 5) is 12.1. The third-order valence-electron chi connectivity index (χ3n) is 2.62. The number of carbonyl (C=O) groups is 1. The van der Waals surface area contributed by atoms with Crippen LogP contribution in [-0.4, -0.2) is 23.0 Å². The molecule has 0 amide bonds. The lowest BCUT2D eigenvalue weighted by Crippen LogP contribution is -2.45. The van der Waals surface area contributed by atoms with E-state index in [1.54, 1.807) is 0 Å². The van der Waals surface area contributed by atoms with Crippen LogP contribution in [0.5, 0.6) is 0 Å². The molecule has 0 aromatic heterocycles. The number of rotatable bonds is 1. The molecule has 0 bridgehead atoms. The van der Waals surface area contributed by atoms with Crippen LogP contribution in [0.4, 0.5) is 0 Å². The van der Waals surface area contributed by atoms with Crippen molar-refractivity contribution in [3.05, 3.63) is 0 Å². The molecule has 0 spiro atoms. The molecule has 2 atom stereocenters.